The first-order valence-electron chi connectivity index (χ1n) is 10.0. The number of aryl methyl sites for hydroxylation is 2. The summed E-state index contributed by atoms with van der Waals surface area (Å²) in [7, 11) is 0. The van der Waals surface area contributed by atoms with Crippen LogP contribution < -0.4 is 10.5 Å². The summed E-state index contributed by atoms with van der Waals surface area (Å²) in [6.07, 6.45) is 8.92. The minimum Gasteiger partial charge on any atom is -0.485 e. The third-order valence-electron chi connectivity index (χ3n) is 6.74. The highest BCUT2D eigenvalue weighted by molar-refractivity contribution is 5.48. The van der Waals surface area contributed by atoms with Gasteiger partial charge in [-0.25, -0.2) is 0 Å². The van der Waals surface area contributed by atoms with Crippen molar-refractivity contribution in [2.24, 2.45) is 17.6 Å². The monoisotopic (exact) mass is 329 g/mol. The normalized spacial score (nSPS) is 29.0. The molecule has 1 saturated carbocycles. The lowest BCUT2D eigenvalue weighted by Crippen LogP contribution is -2.54. The van der Waals surface area contributed by atoms with Gasteiger partial charge < -0.3 is 10.5 Å². The van der Waals surface area contributed by atoms with Gasteiger partial charge >= 0.3 is 0 Å². The van der Waals surface area contributed by atoms with E-state index in [-0.39, 0.29) is 5.60 Å². The van der Waals surface area contributed by atoms with E-state index in [0.717, 1.165) is 12.2 Å². The molecule has 0 radical (unpaired) electrons. The average Bonchev–Trinajstić information content (AvgIpc) is 2.61. The summed E-state index contributed by atoms with van der Waals surface area (Å²) in [5, 5.41) is 0. The Balaban J connectivity index is 2.05. The molecule has 2 nitrogen and oxygen atoms in total. The van der Waals surface area contributed by atoms with Crippen LogP contribution in [-0.2, 0) is 0 Å². The highest BCUT2D eigenvalue weighted by Gasteiger charge is 2.47. The zero-order valence-corrected chi connectivity index (χ0v) is 16.0. The molecule has 0 saturated heterocycles. The first-order chi connectivity index (χ1) is 11.5. The summed E-state index contributed by atoms with van der Waals surface area (Å²) in [5.41, 5.74) is 10.3. The maximum atomic E-state index is 6.79. The Labute approximate surface area is 148 Å². The van der Waals surface area contributed by atoms with Gasteiger partial charge in [0.15, 0.2) is 0 Å². The van der Waals surface area contributed by atoms with E-state index in [0.29, 0.717) is 24.3 Å². The summed E-state index contributed by atoms with van der Waals surface area (Å²) in [5.74, 6) is 3.01. The highest BCUT2D eigenvalue weighted by Crippen LogP contribution is 2.51. The second kappa shape index (κ2) is 7.07. The molecular weight excluding hydrogens is 294 g/mol. The Bertz CT molecular complexity index is 576. The summed E-state index contributed by atoms with van der Waals surface area (Å²) in [6, 6.07) is 4.63. The predicted octanol–water partition coefficient (Wildman–Crippen LogP) is 5.49. The Kier molecular flexibility index (Phi) is 5.24. The van der Waals surface area contributed by atoms with Gasteiger partial charge in [-0.2, -0.15) is 0 Å². The van der Waals surface area contributed by atoms with E-state index in [1.165, 1.54) is 55.2 Å². The Morgan fingerprint density at radius 3 is 2.54 bits per heavy atom. The van der Waals surface area contributed by atoms with Crippen molar-refractivity contribution in [1.82, 2.24) is 0 Å². The van der Waals surface area contributed by atoms with Crippen LogP contribution >= 0.6 is 0 Å². The standard InChI is InChI=1S/C22H35NO/c1-5-16(3)20-13-22(14-23,18-9-7-6-8-10-18)24-21-17(4)11-15(2)12-19(20)21/h11-12,16,18,20H,5-10,13-14,23H2,1-4H3. The molecule has 3 rings (SSSR count). The number of fused-ring (bicyclic) bond motifs is 1. The Hall–Kier alpha value is -1.02. The Morgan fingerprint density at radius 2 is 1.92 bits per heavy atom. The van der Waals surface area contributed by atoms with E-state index in [9.17, 15) is 0 Å². The molecule has 1 aliphatic carbocycles. The van der Waals surface area contributed by atoms with Gasteiger partial charge in [0.1, 0.15) is 11.4 Å². The van der Waals surface area contributed by atoms with Crippen molar-refractivity contribution in [2.75, 3.05) is 6.54 Å². The number of rotatable bonds is 4. The largest absolute Gasteiger partial charge is 0.485 e. The van der Waals surface area contributed by atoms with Gasteiger partial charge in [0.2, 0.25) is 0 Å². The van der Waals surface area contributed by atoms with Gasteiger partial charge in [0.05, 0.1) is 0 Å². The lowest BCUT2D eigenvalue weighted by Gasteiger charge is -2.49. The van der Waals surface area contributed by atoms with Crippen LogP contribution in [0.25, 0.3) is 0 Å². The van der Waals surface area contributed by atoms with E-state index >= 15 is 0 Å². The molecule has 0 aromatic heterocycles. The molecule has 1 aliphatic heterocycles. The molecule has 1 fully saturated rings. The van der Waals surface area contributed by atoms with E-state index in [2.05, 4.69) is 39.8 Å². The number of benzene rings is 1. The molecule has 0 bridgehead atoms. The fourth-order valence-electron chi connectivity index (χ4n) is 5.09. The van der Waals surface area contributed by atoms with Crippen LogP contribution in [0, 0.1) is 25.7 Å². The molecule has 2 aliphatic rings. The van der Waals surface area contributed by atoms with E-state index < -0.39 is 0 Å². The number of ether oxygens (including phenoxy) is 1. The van der Waals surface area contributed by atoms with E-state index in [1.54, 1.807) is 0 Å². The molecule has 2 N–H and O–H groups in total. The smallest absolute Gasteiger partial charge is 0.126 e. The van der Waals surface area contributed by atoms with Crippen molar-refractivity contribution < 1.29 is 4.74 Å². The van der Waals surface area contributed by atoms with Crippen LogP contribution in [0.3, 0.4) is 0 Å². The summed E-state index contributed by atoms with van der Waals surface area (Å²) < 4.78 is 6.79. The average molecular weight is 330 g/mol. The summed E-state index contributed by atoms with van der Waals surface area (Å²) >= 11 is 0. The molecule has 2 heteroatoms. The molecule has 3 atom stereocenters. The molecule has 134 valence electrons. The van der Waals surface area contributed by atoms with Gasteiger partial charge in [-0.15, -0.1) is 0 Å². The fourth-order valence-corrected chi connectivity index (χ4v) is 5.09. The van der Waals surface area contributed by atoms with Gasteiger partial charge in [-0.3, -0.25) is 0 Å². The zero-order chi connectivity index (χ0) is 17.3. The highest BCUT2D eigenvalue weighted by atomic mass is 16.5. The molecule has 1 aromatic carbocycles. The van der Waals surface area contributed by atoms with Crippen molar-refractivity contribution in [3.05, 3.63) is 28.8 Å². The van der Waals surface area contributed by atoms with Crippen molar-refractivity contribution in [3.63, 3.8) is 0 Å². The van der Waals surface area contributed by atoms with Crippen molar-refractivity contribution in [2.45, 2.75) is 84.2 Å². The van der Waals surface area contributed by atoms with Gasteiger partial charge in [0, 0.05) is 6.54 Å². The fraction of sp³-hybridized carbons (Fsp3) is 0.727. The third kappa shape index (κ3) is 3.10. The second-order valence-corrected chi connectivity index (χ2v) is 8.40. The number of hydrogen-bond acceptors (Lipinski definition) is 2. The third-order valence-corrected chi connectivity index (χ3v) is 6.74. The van der Waals surface area contributed by atoms with E-state index in [1.807, 2.05) is 0 Å². The molecule has 1 heterocycles. The molecule has 0 spiro atoms. The van der Waals surface area contributed by atoms with Crippen LogP contribution in [-0.4, -0.2) is 12.1 Å². The summed E-state index contributed by atoms with van der Waals surface area (Å²) in [4.78, 5) is 0. The molecule has 24 heavy (non-hydrogen) atoms. The van der Waals surface area contributed by atoms with Crippen LogP contribution in [0.2, 0.25) is 0 Å². The van der Waals surface area contributed by atoms with Gasteiger partial charge in [-0.1, -0.05) is 57.2 Å². The topological polar surface area (TPSA) is 35.2 Å². The SMILES string of the molecule is CCC(C)C1CC(CN)(C2CCCCC2)Oc2c(C)cc(C)cc21. The lowest BCUT2D eigenvalue weighted by atomic mass is 9.67. The first kappa shape index (κ1) is 17.8. The molecular formula is C22H35NO. The van der Waals surface area contributed by atoms with Crippen molar-refractivity contribution in [1.29, 1.82) is 0 Å². The van der Waals surface area contributed by atoms with Gasteiger partial charge in [-0.05, 0) is 62.0 Å². The van der Waals surface area contributed by atoms with Crippen LogP contribution in [0.1, 0.15) is 81.4 Å². The Morgan fingerprint density at radius 1 is 1.21 bits per heavy atom. The second-order valence-electron chi connectivity index (χ2n) is 8.40. The summed E-state index contributed by atoms with van der Waals surface area (Å²) in [6.45, 7) is 9.77. The van der Waals surface area contributed by atoms with E-state index in [4.69, 9.17) is 10.5 Å². The molecule has 3 unspecified atom stereocenters. The minimum absolute atomic E-state index is 0.151. The van der Waals surface area contributed by atoms with Gasteiger partial charge in [0.25, 0.3) is 0 Å². The number of nitrogens with two attached hydrogens (primary N) is 1. The van der Waals surface area contributed by atoms with Crippen molar-refractivity contribution in [3.8, 4) is 5.75 Å². The zero-order valence-electron chi connectivity index (χ0n) is 16.0. The lowest BCUT2D eigenvalue weighted by molar-refractivity contribution is -0.0320. The maximum Gasteiger partial charge on any atom is 0.126 e. The maximum absolute atomic E-state index is 6.79. The predicted molar refractivity (Wildman–Crippen MR) is 102 cm³/mol. The van der Waals surface area contributed by atoms with Crippen LogP contribution in [0.5, 0.6) is 5.75 Å². The quantitative estimate of drug-likeness (QED) is 0.792. The van der Waals surface area contributed by atoms with Crippen LogP contribution in [0.4, 0.5) is 0 Å². The first-order valence-corrected chi connectivity index (χ1v) is 10.0. The van der Waals surface area contributed by atoms with Crippen molar-refractivity contribution >= 4 is 0 Å². The number of hydrogen-bond donors (Lipinski definition) is 1. The van der Waals surface area contributed by atoms with Crippen LogP contribution in [0.15, 0.2) is 12.1 Å². The minimum atomic E-state index is -0.151. The molecule has 1 aromatic rings. The molecule has 0 amide bonds.